The minimum Gasteiger partial charge on any atom is -0.454 e. The van der Waals surface area contributed by atoms with Crippen molar-refractivity contribution in [1.29, 1.82) is 0 Å². The molecule has 31 heavy (non-hydrogen) atoms. The van der Waals surface area contributed by atoms with E-state index in [1.807, 2.05) is 10.8 Å². The van der Waals surface area contributed by atoms with Crippen LogP contribution < -0.4 is 10.6 Å². The lowest BCUT2D eigenvalue weighted by atomic mass is 9.89. The largest absolute Gasteiger partial charge is 0.454 e. The number of rotatable bonds is 6. The van der Waals surface area contributed by atoms with Gasteiger partial charge in [0.25, 0.3) is 5.91 Å². The summed E-state index contributed by atoms with van der Waals surface area (Å²) >= 11 is 0. The fraction of sp³-hybridized carbons (Fsp3) is 0.591. The lowest BCUT2D eigenvalue weighted by molar-refractivity contribution is -0.125. The number of furan rings is 1. The molecule has 2 aromatic rings. The second-order valence-corrected chi connectivity index (χ2v) is 9.00. The standard InChI is InChI=1S/C22H31N5O4/c1-16(2)11-27-13-18(20(28)25-22(14-27)5-9-30-10-6-22)24-21(29)19-4-3-17(31-19)12-26-8-7-23-15-26/h3-4,7-8,15-16,18H,5-6,9-14H2,1-2H3,(H,24,29)(H,25,28). The first kappa shape index (κ1) is 21.6. The Morgan fingerprint density at radius 3 is 2.87 bits per heavy atom. The highest BCUT2D eigenvalue weighted by atomic mass is 16.5. The van der Waals surface area contributed by atoms with E-state index < -0.39 is 6.04 Å². The van der Waals surface area contributed by atoms with Crippen molar-refractivity contribution < 1.29 is 18.7 Å². The van der Waals surface area contributed by atoms with Crippen molar-refractivity contribution in [1.82, 2.24) is 25.1 Å². The summed E-state index contributed by atoms with van der Waals surface area (Å²) in [6.45, 7) is 8.19. The SMILES string of the molecule is CC(C)CN1CC(NC(=O)c2ccc(Cn3ccnc3)o2)C(=O)NC2(CCOCC2)C1. The minimum absolute atomic E-state index is 0.147. The highest BCUT2D eigenvalue weighted by Crippen LogP contribution is 2.25. The quantitative estimate of drug-likeness (QED) is 0.717. The van der Waals surface area contributed by atoms with E-state index in [1.165, 1.54) is 0 Å². The monoisotopic (exact) mass is 429 g/mol. The maximum absolute atomic E-state index is 13.1. The number of carbonyl (C=O) groups excluding carboxylic acids is 2. The van der Waals surface area contributed by atoms with E-state index in [-0.39, 0.29) is 23.1 Å². The van der Waals surface area contributed by atoms with E-state index in [0.717, 1.165) is 25.9 Å². The summed E-state index contributed by atoms with van der Waals surface area (Å²) in [5.41, 5.74) is -0.299. The van der Waals surface area contributed by atoms with Crippen molar-refractivity contribution in [2.24, 2.45) is 5.92 Å². The van der Waals surface area contributed by atoms with Gasteiger partial charge in [-0.15, -0.1) is 0 Å². The van der Waals surface area contributed by atoms with Gasteiger partial charge in [0.15, 0.2) is 5.76 Å². The maximum atomic E-state index is 13.1. The second kappa shape index (κ2) is 9.23. The zero-order valence-electron chi connectivity index (χ0n) is 18.2. The Labute approximate surface area is 182 Å². The van der Waals surface area contributed by atoms with Gasteiger partial charge < -0.3 is 24.4 Å². The van der Waals surface area contributed by atoms with Gasteiger partial charge in [-0.2, -0.15) is 0 Å². The first-order valence-corrected chi connectivity index (χ1v) is 10.9. The molecule has 1 atom stereocenters. The molecular formula is C22H31N5O4. The molecule has 0 bridgehead atoms. The molecule has 0 aromatic carbocycles. The van der Waals surface area contributed by atoms with Crippen LogP contribution in [0.3, 0.4) is 0 Å². The van der Waals surface area contributed by atoms with Gasteiger partial charge in [-0.3, -0.25) is 14.5 Å². The first-order valence-electron chi connectivity index (χ1n) is 10.9. The van der Waals surface area contributed by atoms with Crippen molar-refractivity contribution in [2.75, 3.05) is 32.8 Å². The van der Waals surface area contributed by atoms with Gasteiger partial charge in [-0.25, -0.2) is 4.98 Å². The van der Waals surface area contributed by atoms with Crippen LogP contribution >= 0.6 is 0 Å². The Hall–Kier alpha value is -2.65. The molecule has 2 saturated heterocycles. The molecule has 1 unspecified atom stereocenters. The van der Waals surface area contributed by atoms with Crippen molar-refractivity contribution in [3.05, 3.63) is 42.4 Å². The number of imidazole rings is 1. The second-order valence-electron chi connectivity index (χ2n) is 9.00. The molecule has 2 amide bonds. The molecule has 9 heteroatoms. The number of carbonyl (C=O) groups is 2. The molecule has 0 radical (unpaired) electrons. The molecule has 4 rings (SSSR count). The molecule has 1 spiro atoms. The van der Waals surface area contributed by atoms with Crippen LogP contribution in [0.2, 0.25) is 0 Å². The number of amides is 2. The van der Waals surface area contributed by atoms with E-state index in [9.17, 15) is 9.59 Å². The molecule has 2 aliphatic rings. The Bertz CT molecular complexity index is 886. The van der Waals surface area contributed by atoms with Gasteiger partial charge in [0.2, 0.25) is 5.91 Å². The highest BCUT2D eigenvalue weighted by molar-refractivity contribution is 5.95. The van der Waals surface area contributed by atoms with Crippen LogP contribution in [0.25, 0.3) is 0 Å². The summed E-state index contributed by atoms with van der Waals surface area (Å²) in [6, 6.07) is 2.77. The fourth-order valence-corrected chi connectivity index (χ4v) is 4.41. The third-order valence-electron chi connectivity index (χ3n) is 5.83. The van der Waals surface area contributed by atoms with E-state index in [0.29, 0.717) is 38.0 Å². The van der Waals surface area contributed by atoms with Gasteiger partial charge >= 0.3 is 0 Å². The highest BCUT2D eigenvalue weighted by Gasteiger charge is 2.41. The van der Waals surface area contributed by atoms with Crippen molar-refractivity contribution >= 4 is 11.8 Å². The van der Waals surface area contributed by atoms with Crippen LogP contribution in [0.1, 0.15) is 43.0 Å². The topological polar surface area (TPSA) is 102 Å². The van der Waals surface area contributed by atoms with Crippen LogP contribution in [-0.2, 0) is 16.1 Å². The van der Waals surface area contributed by atoms with Crippen LogP contribution in [0.5, 0.6) is 0 Å². The number of nitrogens with zero attached hydrogens (tertiary/aromatic N) is 3. The number of hydrogen-bond donors (Lipinski definition) is 2. The smallest absolute Gasteiger partial charge is 0.287 e. The zero-order valence-corrected chi connectivity index (χ0v) is 18.2. The average molecular weight is 430 g/mol. The molecule has 168 valence electrons. The Balaban J connectivity index is 1.45. The molecule has 2 aromatic heterocycles. The van der Waals surface area contributed by atoms with E-state index in [1.54, 1.807) is 24.7 Å². The molecule has 2 aliphatic heterocycles. The van der Waals surface area contributed by atoms with Gasteiger partial charge in [-0.1, -0.05) is 13.8 Å². The summed E-state index contributed by atoms with van der Waals surface area (Å²) in [4.78, 5) is 32.2. The predicted molar refractivity (Wildman–Crippen MR) is 113 cm³/mol. The molecule has 2 fully saturated rings. The molecule has 2 N–H and O–H groups in total. The maximum Gasteiger partial charge on any atom is 0.287 e. The summed E-state index contributed by atoms with van der Waals surface area (Å²) in [7, 11) is 0. The molecule has 4 heterocycles. The first-order chi connectivity index (χ1) is 14.9. The molecule has 0 aliphatic carbocycles. The summed E-state index contributed by atoms with van der Waals surface area (Å²) in [5.74, 6) is 0.771. The van der Waals surface area contributed by atoms with Gasteiger partial charge in [0.1, 0.15) is 11.8 Å². The number of aromatic nitrogens is 2. The van der Waals surface area contributed by atoms with Gasteiger partial charge in [0, 0.05) is 45.2 Å². The normalized spacial score (nSPS) is 21.8. The lowest BCUT2D eigenvalue weighted by Crippen LogP contribution is -2.57. The molecule has 0 saturated carbocycles. The van der Waals surface area contributed by atoms with E-state index in [4.69, 9.17) is 9.15 Å². The number of hydrogen-bond acceptors (Lipinski definition) is 6. The number of nitrogens with one attached hydrogen (secondary N) is 2. The predicted octanol–water partition coefficient (Wildman–Crippen LogP) is 1.26. The van der Waals surface area contributed by atoms with Crippen molar-refractivity contribution in [3.8, 4) is 0 Å². The third-order valence-corrected chi connectivity index (χ3v) is 5.83. The van der Waals surface area contributed by atoms with E-state index >= 15 is 0 Å². The van der Waals surface area contributed by atoms with Crippen molar-refractivity contribution in [3.63, 3.8) is 0 Å². The Morgan fingerprint density at radius 1 is 1.35 bits per heavy atom. The van der Waals surface area contributed by atoms with Gasteiger partial charge in [0.05, 0.1) is 18.4 Å². The Morgan fingerprint density at radius 2 is 2.16 bits per heavy atom. The lowest BCUT2D eigenvalue weighted by Gasteiger charge is -2.39. The van der Waals surface area contributed by atoms with Crippen LogP contribution in [0.15, 0.2) is 35.3 Å². The molecular weight excluding hydrogens is 398 g/mol. The summed E-state index contributed by atoms with van der Waals surface area (Å²) in [6.07, 6.45) is 6.77. The molecule has 9 nitrogen and oxygen atoms in total. The Kier molecular flexibility index (Phi) is 6.43. The average Bonchev–Trinajstić information content (AvgIpc) is 3.38. The van der Waals surface area contributed by atoms with Gasteiger partial charge in [-0.05, 0) is 30.9 Å². The zero-order chi connectivity index (χ0) is 21.8. The summed E-state index contributed by atoms with van der Waals surface area (Å²) < 4.78 is 13.1. The van der Waals surface area contributed by atoms with Crippen LogP contribution in [-0.4, -0.2) is 70.7 Å². The third kappa shape index (κ3) is 5.34. The number of ether oxygens (including phenoxy) is 1. The van der Waals surface area contributed by atoms with Crippen LogP contribution in [0.4, 0.5) is 0 Å². The minimum atomic E-state index is -0.643. The van der Waals surface area contributed by atoms with Crippen LogP contribution in [0, 0.1) is 5.92 Å². The van der Waals surface area contributed by atoms with Crippen molar-refractivity contribution in [2.45, 2.75) is 44.8 Å². The fourth-order valence-electron chi connectivity index (χ4n) is 4.41. The van der Waals surface area contributed by atoms with E-state index in [2.05, 4.69) is 34.4 Å². The summed E-state index contributed by atoms with van der Waals surface area (Å²) in [5, 5.41) is 6.11.